The van der Waals surface area contributed by atoms with E-state index >= 15 is 0 Å². The van der Waals surface area contributed by atoms with E-state index in [1.54, 1.807) is 50.4 Å². The van der Waals surface area contributed by atoms with Gasteiger partial charge in [0.05, 0.1) is 37.4 Å². The minimum atomic E-state index is -0.625. The Labute approximate surface area is 189 Å². The van der Waals surface area contributed by atoms with Crippen LogP contribution in [0.3, 0.4) is 0 Å². The normalized spacial score (nSPS) is 13.8. The van der Waals surface area contributed by atoms with Gasteiger partial charge in [-0.3, -0.25) is 0 Å². The van der Waals surface area contributed by atoms with Crippen molar-refractivity contribution in [1.29, 1.82) is 0 Å². The first-order chi connectivity index (χ1) is 15.4. The minimum absolute atomic E-state index is 0.230. The van der Waals surface area contributed by atoms with Crippen molar-refractivity contribution in [2.75, 3.05) is 25.2 Å². The average molecular weight is 436 g/mol. The third kappa shape index (κ3) is 4.85. The van der Waals surface area contributed by atoms with Crippen LogP contribution in [-0.2, 0) is 19.1 Å². The summed E-state index contributed by atoms with van der Waals surface area (Å²) in [5.41, 5.74) is 4.45. The molecule has 2 aromatic carbocycles. The lowest BCUT2D eigenvalue weighted by atomic mass is 9.83. The van der Waals surface area contributed by atoms with Crippen molar-refractivity contribution < 1.29 is 23.8 Å². The summed E-state index contributed by atoms with van der Waals surface area (Å²) < 4.78 is 16.0. The summed E-state index contributed by atoms with van der Waals surface area (Å²) in [7, 11) is 1.59. The number of carbonyl (C=O) groups is 2. The zero-order valence-corrected chi connectivity index (χ0v) is 19.2. The molecule has 0 spiro atoms. The van der Waals surface area contributed by atoms with E-state index in [9.17, 15) is 9.59 Å². The van der Waals surface area contributed by atoms with E-state index in [-0.39, 0.29) is 13.2 Å². The van der Waals surface area contributed by atoms with E-state index in [2.05, 4.69) is 0 Å². The number of aryl methyl sites for hydroxylation is 2. The maximum absolute atomic E-state index is 13.0. The highest BCUT2D eigenvalue weighted by atomic mass is 16.5. The summed E-state index contributed by atoms with van der Waals surface area (Å²) in [5.74, 6) is -0.887. The van der Waals surface area contributed by atoms with E-state index in [1.165, 1.54) is 0 Å². The van der Waals surface area contributed by atoms with Crippen molar-refractivity contribution in [1.82, 2.24) is 0 Å². The zero-order chi connectivity index (χ0) is 23.3. The highest BCUT2D eigenvalue weighted by Gasteiger charge is 2.36. The van der Waals surface area contributed by atoms with Crippen LogP contribution in [-0.4, -0.2) is 32.3 Å². The average Bonchev–Trinajstić information content (AvgIpc) is 2.80. The van der Waals surface area contributed by atoms with E-state index in [0.717, 1.165) is 22.4 Å². The second-order valence-corrected chi connectivity index (χ2v) is 7.51. The fourth-order valence-electron chi connectivity index (χ4n) is 3.72. The van der Waals surface area contributed by atoms with Crippen LogP contribution in [0.15, 0.2) is 66.0 Å². The lowest BCUT2D eigenvalue weighted by Gasteiger charge is -2.31. The predicted octanol–water partition coefficient (Wildman–Crippen LogP) is 4.81. The molecule has 6 heteroatoms. The van der Waals surface area contributed by atoms with Crippen molar-refractivity contribution in [3.8, 4) is 5.75 Å². The summed E-state index contributed by atoms with van der Waals surface area (Å²) >= 11 is 0. The fraction of sp³-hybridized carbons (Fsp3) is 0.308. The third-order valence-corrected chi connectivity index (χ3v) is 5.29. The molecule has 32 heavy (non-hydrogen) atoms. The van der Waals surface area contributed by atoms with Crippen molar-refractivity contribution in [2.45, 2.75) is 33.6 Å². The monoisotopic (exact) mass is 435 g/mol. The Morgan fingerprint density at radius 2 is 1.44 bits per heavy atom. The molecule has 1 heterocycles. The number of carbonyl (C=O) groups excluding carboxylic acids is 2. The Balaban J connectivity index is 2.19. The van der Waals surface area contributed by atoms with Crippen LogP contribution in [0.2, 0.25) is 0 Å². The Kier molecular flexibility index (Phi) is 7.36. The van der Waals surface area contributed by atoms with Gasteiger partial charge in [-0.05, 0) is 62.6 Å². The lowest BCUT2D eigenvalue weighted by Crippen LogP contribution is -2.29. The molecule has 3 rings (SSSR count). The number of esters is 2. The molecule has 0 saturated carbocycles. The van der Waals surface area contributed by atoms with Gasteiger partial charge in [-0.25, -0.2) is 9.59 Å². The number of hydrogen-bond donors (Lipinski definition) is 0. The molecule has 0 unspecified atom stereocenters. The van der Waals surface area contributed by atoms with Gasteiger partial charge in [0, 0.05) is 18.1 Å². The summed E-state index contributed by atoms with van der Waals surface area (Å²) in [6.07, 6.45) is 3.49. The highest BCUT2D eigenvalue weighted by molar-refractivity contribution is 6.00. The molecule has 0 radical (unpaired) electrons. The Morgan fingerprint density at radius 1 is 0.875 bits per heavy atom. The van der Waals surface area contributed by atoms with Gasteiger partial charge in [0.25, 0.3) is 0 Å². The molecule has 0 aliphatic carbocycles. The second kappa shape index (κ2) is 10.2. The van der Waals surface area contributed by atoms with Crippen LogP contribution in [0.4, 0.5) is 5.69 Å². The van der Waals surface area contributed by atoms with Crippen molar-refractivity contribution >= 4 is 17.6 Å². The van der Waals surface area contributed by atoms with Gasteiger partial charge in [-0.2, -0.15) is 0 Å². The Morgan fingerprint density at radius 3 is 1.94 bits per heavy atom. The van der Waals surface area contributed by atoms with Gasteiger partial charge in [0.2, 0.25) is 0 Å². The molecule has 0 N–H and O–H groups in total. The first kappa shape index (κ1) is 23.1. The van der Waals surface area contributed by atoms with Crippen molar-refractivity contribution in [2.24, 2.45) is 0 Å². The zero-order valence-electron chi connectivity index (χ0n) is 19.2. The van der Waals surface area contributed by atoms with Gasteiger partial charge >= 0.3 is 11.9 Å². The third-order valence-electron chi connectivity index (χ3n) is 5.29. The molecule has 1 aliphatic rings. The number of rotatable bonds is 7. The maximum atomic E-state index is 13.0. The van der Waals surface area contributed by atoms with E-state index < -0.39 is 17.9 Å². The lowest BCUT2D eigenvalue weighted by molar-refractivity contribution is -0.139. The molecule has 2 aromatic rings. The SMILES string of the molecule is CCOC(=O)C1=CN(c2cc(C)ccc2C)C=C(C(=O)OCC)C1c1ccc(OC)cc1. The molecular formula is C26H29NO5. The standard InChI is InChI=1S/C26H29NO5/c1-6-31-25(28)21-15-27(23-14-17(3)8-9-18(23)4)16-22(26(29)32-7-2)24(21)19-10-12-20(30-5)13-11-19/h8-16,24H,6-7H2,1-5H3. The van der Waals surface area contributed by atoms with Crippen LogP contribution >= 0.6 is 0 Å². The molecule has 0 amide bonds. The molecule has 168 valence electrons. The highest BCUT2D eigenvalue weighted by Crippen LogP contribution is 2.39. The van der Waals surface area contributed by atoms with Crippen molar-refractivity contribution in [3.63, 3.8) is 0 Å². The van der Waals surface area contributed by atoms with Crippen LogP contribution in [0.1, 0.15) is 36.5 Å². The van der Waals surface area contributed by atoms with E-state index in [4.69, 9.17) is 14.2 Å². The fourth-order valence-corrected chi connectivity index (χ4v) is 3.72. The summed E-state index contributed by atoms with van der Waals surface area (Å²) in [4.78, 5) is 27.9. The van der Waals surface area contributed by atoms with E-state index in [1.807, 2.05) is 44.2 Å². The predicted molar refractivity (Wildman–Crippen MR) is 124 cm³/mol. The first-order valence-corrected chi connectivity index (χ1v) is 10.7. The topological polar surface area (TPSA) is 65.1 Å². The quantitative estimate of drug-likeness (QED) is 0.582. The van der Waals surface area contributed by atoms with Crippen LogP contribution < -0.4 is 9.64 Å². The Hall–Kier alpha value is -3.54. The molecule has 0 atom stereocenters. The van der Waals surface area contributed by atoms with Gasteiger partial charge in [-0.1, -0.05) is 24.3 Å². The Bertz CT molecular complexity index is 1020. The molecule has 6 nitrogen and oxygen atoms in total. The summed E-state index contributed by atoms with van der Waals surface area (Å²) in [5, 5.41) is 0. The number of anilines is 1. The molecule has 0 bridgehead atoms. The molecule has 0 aromatic heterocycles. The first-order valence-electron chi connectivity index (χ1n) is 10.7. The van der Waals surface area contributed by atoms with Crippen LogP contribution in [0, 0.1) is 13.8 Å². The smallest absolute Gasteiger partial charge is 0.336 e. The second-order valence-electron chi connectivity index (χ2n) is 7.51. The van der Waals surface area contributed by atoms with Crippen LogP contribution in [0.25, 0.3) is 0 Å². The molecule has 0 saturated heterocycles. The molecule has 1 aliphatic heterocycles. The molecule has 0 fully saturated rings. The number of methoxy groups -OCH3 is 1. The maximum Gasteiger partial charge on any atom is 0.336 e. The number of nitrogens with zero attached hydrogens (tertiary/aromatic N) is 1. The van der Waals surface area contributed by atoms with Gasteiger partial charge < -0.3 is 19.1 Å². The van der Waals surface area contributed by atoms with E-state index in [0.29, 0.717) is 16.9 Å². The minimum Gasteiger partial charge on any atom is -0.497 e. The van der Waals surface area contributed by atoms with Gasteiger partial charge in [0.1, 0.15) is 5.75 Å². The molecular weight excluding hydrogens is 406 g/mol. The summed E-state index contributed by atoms with van der Waals surface area (Å²) in [6.45, 7) is 7.96. The van der Waals surface area contributed by atoms with Crippen molar-refractivity contribution in [3.05, 3.63) is 82.7 Å². The van der Waals surface area contributed by atoms with Gasteiger partial charge in [0.15, 0.2) is 0 Å². The van der Waals surface area contributed by atoms with Gasteiger partial charge in [-0.15, -0.1) is 0 Å². The number of benzene rings is 2. The summed E-state index contributed by atoms with van der Waals surface area (Å²) in [6, 6.07) is 13.3. The number of hydrogen-bond acceptors (Lipinski definition) is 6. The van der Waals surface area contributed by atoms with Crippen LogP contribution in [0.5, 0.6) is 5.75 Å². The largest absolute Gasteiger partial charge is 0.497 e. The number of ether oxygens (including phenoxy) is 3.